The summed E-state index contributed by atoms with van der Waals surface area (Å²) in [6.45, 7) is 5.55. The molecule has 2 rings (SSSR count). The van der Waals surface area contributed by atoms with Gasteiger partial charge in [-0.25, -0.2) is 15.8 Å². The molecule has 1 aliphatic heterocycles. The number of aromatic nitrogens is 1. The Morgan fingerprint density at radius 3 is 2.65 bits per heavy atom. The van der Waals surface area contributed by atoms with E-state index in [4.69, 9.17) is 5.84 Å². The van der Waals surface area contributed by atoms with Gasteiger partial charge < -0.3 is 10.3 Å². The van der Waals surface area contributed by atoms with Crippen LogP contribution in [-0.2, 0) is 6.42 Å². The molecular weight excluding hydrogens is 256 g/mol. The van der Waals surface area contributed by atoms with Crippen LogP contribution in [-0.4, -0.2) is 54.0 Å². The number of rotatable bonds is 4. The minimum Gasteiger partial charge on any atom is -0.308 e. The molecule has 1 saturated heterocycles. The third-order valence-electron chi connectivity index (χ3n) is 3.41. The summed E-state index contributed by atoms with van der Waals surface area (Å²) in [5.41, 5.74) is 6.83. The van der Waals surface area contributed by atoms with Crippen LogP contribution in [0.25, 0.3) is 0 Å². The van der Waals surface area contributed by atoms with E-state index in [1.54, 1.807) is 12.1 Å². The fourth-order valence-electron chi connectivity index (χ4n) is 2.10. The summed E-state index contributed by atoms with van der Waals surface area (Å²) in [7, 11) is 2.08. The number of carbonyl (C=O) groups is 1. The maximum absolute atomic E-state index is 12.3. The van der Waals surface area contributed by atoms with E-state index in [2.05, 4.69) is 27.8 Å². The van der Waals surface area contributed by atoms with Gasteiger partial charge in [0.2, 0.25) is 0 Å². The molecule has 110 valence electrons. The van der Waals surface area contributed by atoms with Crippen molar-refractivity contribution in [2.45, 2.75) is 13.3 Å². The highest BCUT2D eigenvalue weighted by atomic mass is 16.2. The van der Waals surface area contributed by atoms with Crippen molar-refractivity contribution in [2.24, 2.45) is 5.84 Å². The lowest BCUT2D eigenvalue weighted by atomic mass is 10.2. The van der Waals surface area contributed by atoms with Crippen molar-refractivity contribution in [3.8, 4) is 0 Å². The van der Waals surface area contributed by atoms with Gasteiger partial charge in [-0.1, -0.05) is 6.92 Å². The number of nitrogens with zero attached hydrogens (tertiary/aromatic N) is 3. The van der Waals surface area contributed by atoms with Crippen LogP contribution in [0.4, 0.5) is 5.82 Å². The van der Waals surface area contributed by atoms with Gasteiger partial charge in [-0.05, 0) is 25.6 Å². The van der Waals surface area contributed by atoms with E-state index in [-0.39, 0.29) is 5.91 Å². The quantitative estimate of drug-likeness (QED) is 0.523. The maximum Gasteiger partial charge on any atom is 0.265 e. The van der Waals surface area contributed by atoms with Crippen LogP contribution >= 0.6 is 0 Å². The summed E-state index contributed by atoms with van der Waals surface area (Å²) < 4.78 is 0. The molecule has 0 spiro atoms. The first-order valence-corrected chi connectivity index (χ1v) is 6.84. The molecule has 20 heavy (non-hydrogen) atoms. The molecule has 0 aromatic carbocycles. The molecule has 1 aliphatic rings. The zero-order valence-electron chi connectivity index (χ0n) is 12.0. The molecule has 1 aromatic rings. The minimum atomic E-state index is -0.122. The Morgan fingerprint density at radius 2 is 2.05 bits per heavy atom. The van der Waals surface area contributed by atoms with Crippen molar-refractivity contribution < 1.29 is 4.79 Å². The first kappa shape index (κ1) is 14.7. The fraction of sp³-hybridized carbons (Fsp3) is 0.538. The van der Waals surface area contributed by atoms with Crippen molar-refractivity contribution in [2.75, 3.05) is 38.7 Å². The number of hydrogen-bond acceptors (Lipinski definition) is 6. The highest BCUT2D eigenvalue weighted by Gasteiger charge is 2.17. The predicted molar refractivity (Wildman–Crippen MR) is 78.0 cm³/mol. The summed E-state index contributed by atoms with van der Waals surface area (Å²) in [6.07, 6.45) is 0.754. The van der Waals surface area contributed by atoms with Crippen LogP contribution in [0.5, 0.6) is 0 Å². The Kier molecular flexibility index (Phi) is 4.89. The zero-order chi connectivity index (χ0) is 14.5. The number of anilines is 1. The summed E-state index contributed by atoms with van der Waals surface area (Å²) in [5.74, 6) is 5.77. The molecule has 2 heterocycles. The molecule has 0 aliphatic carbocycles. The van der Waals surface area contributed by atoms with Gasteiger partial charge in [0.15, 0.2) is 0 Å². The Balaban J connectivity index is 2.04. The normalized spacial score (nSPS) is 16.9. The second-order valence-corrected chi connectivity index (χ2v) is 4.96. The molecule has 0 unspecified atom stereocenters. The second kappa shape index (κ2) is 6.65. The molecule has 1 aromatic heterocycles. The monoisotopic (exact) mass is 278 g/mol. The van der Waals surface area contributed by atoms with Crippen LogP contribution in [0.1, 0.15) is 23.0 Å². The van der Waals surface area contributed by atoms with Crippen molar-refractivity contribution >= 4 is 11.7 Å². The van der Waals surface area contributed by atoms with E-state index in [1.807, 2.05) is 11.9 Å². The number of nitrogens with two attached hydrogens (primary N) is 1. The Bertz CT molecular complexity index is 448. The number of aryl methyl sites for hydroxylation is 1. The summed E-state index contributed by atoms with van der Waals surface area (Å²) in [4.78, 5) is 18.8. The lowest BCUT2D eigenvalue weighted by Crippen LogP contribution is -2.52. The highest BCUT2D eigenvalue weighted by molar-refractivity contribution is 5.94. The number of hydrogen-bond donors (Lipinski definition) is 3. The highest BCUT2D eigenvalue weighted by Crippen LogP contribution is 2.11. The van der Waals surface area contributed by atoms with Gasteiger partial charge in [0.25, 0.3) is 5.91 Å². The van der Waals surface area contributed by atoms with E-state index >= 15 is 0 Å². The van der Waals surface area contributed by atoms with Gasteiger partial charge in [0, 0.05) is 37.4 Å². The van der Waals surface area contributed by atoms with Gasteiger partial charge in [-0.2, -0.15) is 0 Å². The summed E-state index contributed by atoms with van der Waals surface area (Å²) >= 11 is 0. The minimum absolute atomic E-state index is 0.122. The molecule has 0 atom stereocenters. The van der Waals surface area contributed by atoms with Crippen LogP contribution < -0.4 is 16.7 Å². The van der Waals surface area contributed by atoms with E-state index in [1.165, 1.54) is 0 Å². The topological polar surface area (TPSA) is 86.5 Å². The van der Waals surface area contributed by atoms with Crippen molar-refractivity contribution in [1.82, 2.24) is 20.3 Å². The SMILES string of the molecule is CCc1cc(C(=O)NN2CCN(C)CC2)cc(NN)n1. The zero-order valence-corrected chi connectivity index (χ0v) is 12.0. The van der Waals surface area contributed by atoms with E-state index in [0.717, 1.165) is 38.3 Å². The number of hydrazine groups is 2. The predicted octanol–water partition coefficient (Wildman–Crippen LogP) is -0.178. The number of piperazine rings is 1. The standard InChI is InChI=1S/C13H22N6O/c1-3-11-8-10(9-12(15-11)16-14)13(20)17-19-6-4-18(2)5-7-19/h8-9H,3-7,14H2,1-2H3,(H,15,16)(H,17,20). The number of likely N-dealkylation sites (N-methyl/N-ethyl adjacent to an activating group) is 1. The van der Waals surface area contributed by atoms with Gasteiger partial charge in [0.05, 0.1) is 0 Å². The molecule has 0 saturated carbocycles. The fourth-order valence-corrected chi connectivity index (χ4v) is 2.10. The Morgan fingerprint density at radius 1 is 1.35 bits per heavy atom. The molecular formula is C13H22N6O. The van der Waals surface area contributed by atoms with Gasteiger partial charge in [-0.3, -0.25) is 10.2 Å². The van der Waals surface area contributed by atoms with Crippen LogP contribution in [0, 0.1) is 0 Å². The van der Waals surface area contributed by atoms with Gasteiger partial charge in [-0.15, -0.1) is 0 Å². The molecule has 4 N–H and O–H groups in total. The third kappa shape index (κ3) is 3.66. The van der Waals surface area contributed by atoms with E-state index < -0.39 is 0 Å². The number of pyridine rings is 1. The average Bonchev–Trinajstić information content (AvgIpc) is 2.48. The smallest absolute Gasteiger partial charge is 0.265 e. The maximum atomic E-state index is 12.3. The third-order valence-corrected chi connectivity index (χ3v) is 3.41. The number of amides is 1. The number of carbonyl (C=O) groups excluding carboxylic acids is 1. The first-order valence-electron chi connectivity index (χ1n) is 6.84. The largest absolute Gasteiger partial charge is 0.308 e. The molecule has 7 heteroatoms. The van der Waals surface area contributed by atoms with Crippen LogP contribution in [0.15, 0.2) is 12.1 Å². The number of nitrogen functional groups attached to an aromatic ring is 1. The van der Waals surface area contributed by atoms with Crippen molar-refractivity contribution in [3.63, 3.8) is 0 Å². The van der Waals surface area contributed by atoms with Gasteiger partial charge >= 0.3 is 0 Å². The Hall–Kier alpha value is -1.70. The molecule has 0 bridgehead atoms. The second-order valence-electron chi connectivity index (χ2n) is 4.96. The van der Waals surface area contributed by atoms with Crippen LogP contribution in [0.2, 0.25) is 0 Å². The molecule has 1 fully saturated rings. The van der Waals surface area contributed by atoms with Crippen molar-refractivity contribution in [1.29, 1.82) is 0 Å². The average molecular weight is 278 g/mol. The van der Waals surface area contributed by atoms with E-state index in [9.17, 15) is 4.79 Å². The molecule has 0 radical (unpaired) electrons. The van der Waals surface area contributed by atoms with E-state index in [0.29, 0.717) is 11.4 Å². The number of nitrogens with one attached hydrogen (secondary N) is 2. The summed E-state index contributed by atoms with van der Waals surface area (Å²) in [5, 5.41) is 1.95. The molecule has 1 amide bonds. The first-order chi connectivity index (χ1) is 9.62. The lowest BCUT2D eigenvalue weighted by molar-refractivity contribution is 0.0662. The van der Waals surface area contributed by atoms with Crippen LogP contribution in [0.3, 0.4) is 0 Å². The lowest BCUT2D eigenvalue weighted by Gasteiger charge is -2.32. The Labute approximate surface area is 119 Å². The van der Waals surface area contributed by atoms with Crippen molar-refractivity contribution in [3.05, 3.63) is 23.4 Å². The molecule has 7 nitrogen and oxygen atoms in total. The summed E-state index contributed by atoms with van der Waals surface area (Å²) in [6, 6.07) is 3.46. The van der Waals surface area contributed by atoms with Gasteiger partial charge in [0.1, 0.15) is 5.82 Å².